The molecule has 1 N–H and O–H groups in total. The molecule has 0 atom stereocenters. The van der Waals surface area contributed by atoms with Crippen LogP contribution in [0.4, 0.5) is 5.13 Å². The van der Waals surface area contributed by atoms with E-state index in [9.17, 15) is 5.11 Å². The predicted octanol–water partition coefficient (Wildman–Crippen LogP) is 0.973. The lowest BCUT2D eigenvalue weighted by molar-refractivity contribution is -0.147. The Morgan fingerprint density at radius 1 is 1.35 bits per heavy atom. The zero-order chi connectivity index (χ0) is 14.0. The summed E-state index contributed by atoms with van der Waals surface area (Å²) in [6.07, 6.45) is 1.15. The first-order valence-corrected chi connectivity index (χ1v) is 8.17. The molecule has 3 heterocycles. The number of rotatable bonds is 4. The summed E-state index contributed by atoms with van der Waals surface area (Å²) in [5.74, 6) is 0. The topological polar surface area (TPSA) is 48.8 Å². The van der Waals surface area contributed by atoms with Gasteiger partial charge in [0.1, 0.15) is 0 Å². The van der Waals surface area contributed by atoms with Gasteiger partial charge in [0.15, 0.2) is 5.13 Å². The van der Waals surface area contributed by atoms with Gasteiger partial charge in [-0.2, -0.15) is 0 Å². The zero-order valence-electron chi connectivity index (χ0n) is 12.0. The number of hydrogen-bond acceptors (Lipinski definition) is 6. The maximum Gasteiger partial charge on any atom is 0.185 e. The highest BCUT2D eigenvalue weighted by molar-refractivity contribution is 7.13. The molecule has 0 radical (unpaired) electrons. The van der Waals surface area contributed by atoms with E-state index >= 15 is 0 Å². The Labute approximate surface area is 124 Å². The molecule has 1 aromatic heterocycles. The molecule has 6 heteroatoms. The molecule has 5 nitrogen and oxygen atoms in total. The first-order valence-electron chi connectivity index (χ1n) is 7.29. The molecular formula is C14H23N3O2S. The van der Waals surface area contributed by atoms with Crippen LogP contribution in [-0.2, 0) is 4.74 Å². The Kier molecular flexibility index (Phi) is 4.26. The van der Waals surface area contributed by atoms with Crippen molar-refractivity contribution >= 4 is 16.5 Å². The molecule has 0 saturated carbocycles. The maximum atomic E-state index is 9.54. The SMILES string of the molecule is Cc1csc(N2CCCN(CC3(CO)COC3)CC2)n1. The Bertz CT molecular complexity index is 442. The lowest BCUT2D eigenvalue weighted by Crippen LogP contribution is -2.53. The second kappa shape index (κ2) is 5.97. The fourth-order valence-corrected chi connectivity index (χ4v) is 3.76. The molecule has 0 bridgehead atoms. The minimum atomic E-state index is -0.00700. The highest BCUT2D eigenvalue weighted by atomic mass is 32.1. The molecule has 2 aliphatic heterocycles. The van der Waals surface area contributed by atoms with Gasteiger partial charge in [0.05, 0.1) is 30.9 Å². The molecule has 0 aromatic carbocycles. The van der Waals surface area contributed by atoms with Crippen LogP contribution in [0.3, 0.4) is 0 Å². The van der Waals surface area contributed by atoms with Gasteiger partial charge in [0.2, 0.25) is 0 Å². The van der Waals surface area contributed by atoms with Gasteiger partial charge in [-0.25, -0.2) is 4.98 Å². The average Bonchev–Trinajstić information content (AvgIpc) is 2.70. The Balaban J connectivity index is 1.56. The number of thiazole rings is 1. The molecule has 20 heavy (non-hydrogen) atoms. The standard InChI is InChI=1S/C14H23N3O2S/c1-12-7-20-13(15-12)17-4-2-3-16(5-6-17)8-14(9-18)10-19-11-14/h7,18H,2-6,8-11H2,1H3. The fourth-order valence-electron chi connectivity index (χ4n) is 2.90. The van der Waals surface area contributed by atoms with Crippen LogP contribution in [0.5, 0.6) is 0 Å². The third kappa shape index (κ3) is 2.98. The smallest absolute Gasteiger partial charge is 0.185 e. The molecule has 112 valence electrons. The van der Waals surface area contributed by atoms with Crippen LogP contribution in [-0.4, -0.2) is 67.5 Å². The van der Waals surface area contributed by atoms with Crippen molar-refractivity contribution in [2.45, 2.75) is 13.3 Å². The molecular weight excluding hydrogens is 274 g/mol. The van der Waals surface area contributed by atoms with Gasteiger partial charge in [-0.15, -0.1) is 11.3 Å². The zero-order valence-corrected chi connectivity index (χ0v) is 12.9. The van der Waals surface area contributed by atoms with Crippen molar-refractivity contribution in [2.75, 3.05) is 57.4 Å². The first-order chi connectivity index (χ1) is 9.71. The minimum Gasteiger partial charge on any atom is -0.396 e. The van der Waals surface area contributed by atoms with Crippen LogP contribution in [0.2, 0.25) is 0 Å². The maximum absolute atomic E-state index is 9.54. The second-order valence-electron chi connectivity index (χ2n) is 6.04. The van der Waals surface area contributed by atoms with E-state index in [0.29, 0.717) is 13.2 Å². The summed E-state index contributed by atoms with van der Waals surface area (Å²) < 4.78 is 5.29. The van der Waals surface area contributed by atoms with Crippen LogP contribution in [0.1, 0.15) is 12.1 Å². The predicted molar refractivity (Wildman–Crippen MR) is 80.5 cm³/mol. The molecule has 0 aliphatic carbocycles. The molecule has 0 amide bonds. The number of aryl methyl sites for hydroxylation is 1. The largest absolute Gasteiger partial charge is 0.396 e. The molecule has 0 spiro atoms. The quantitative estimate of drug-likeness (QED) is 0.897. The van der Waals surface area contributed by atoms with Crippen molar-refractivity contribution in [3.63, 3.8) is 0 Å². The van der Waals surface area contributed by atoms with Crippen LogP contribution >= 0.6 is 11.3 Å². The van der Waals surface area contributed by atoms with E-state index in [0.717, 1.165) is 50.0 Å². The second-order valence-corrected chi connectivity index (χ2v) is 6.88. The number of aromatic nitrogens is 1. The first kappa shape index (κ1) is 14.3. The minimum absolute atomic E-state index is 0.00700. The van der Waals surface area contributed by atoms with E-state index in [2.05, 4.69) is 20.2 Å². The normalized spacial score (nSPS) is 23.4. The van der Waals surface area contributed by atoms with E-state index in [4.69, 9.17) is 4.74 Å². The van der Waals surface area contributed by atoms with Gasteiger partial charge < -0.3 is 19.6 Å². The van der Waals surface area contributed by atoms with E-state index in [-0.39, 0.29) is 12.0 Å². The van der Waals surface area contributed by atoms with Gasteiger partial charge in [-0.05, 0) is 19.9 Å². The Morgan fingerprint density at radius 2 is 2.20 bits per heavy atom. The molecule has 2 aliphatic rings. The number of hydrogen-bond donors (Lipinski definition) is 1. The summed E-state index contributed by atoms with van der Waals surface area (Å²) in [6, 6.07) is 0. The average molecular weight is 297 g/mol. The van der Waals surface area contributed by atoms with E-state index in [1.54, 1.807) is 11.3 Å². The van der Waals surface area contributed by atoms with Gasteiger partial charge >= 0.3 is 0 Å². The summed E-state index contributed by atoms with van der Waals surface area (Å²) in [6.45, 7) is 8.88. The van der Waals surface area contributed by atoms with Crippen LogP contribution in [0.25, 0.3) is 0 Å². The van der Waals surface area contributed by atoms with Crippen LogP contribution < -0.4 is 4.90 Å². The number of aliphatic hydroxyl groups is 1. The van der Waals surface area contributed by atoms with Crippen molar-refractivity contribution < 1.29 is 9.84 Å². The van der Waals surface area contributed by atoms with Gasteiger partial charge in [-0.3, -0.25) is 0 Å². The Hall–Kier alpha value is -0.690. The third-order valence-electron chi connectivity index (χ3n) is 4.18. The van der Waals surface area contributed by atoms with Gasteiger partial charge in [-0.1, -0.05) is 0 Å². The van der Waals surface area contributed by atoms with Crippen LogP contribution in [0, 0.1) is 12.3 Å². The summed E-state index contributed by atoms with van der Waals surface area (Å²) in [7, 11) is 0. The number of anilines is 1. The van der Waals surface area contributed by atoms with E-state index < -0.39 is 0 Å². The molecule has 1 aromatic rings. The third-order valence-corrected chi connectivity index (χ3v) is 5.20. The van der Waals surface area contributed by atoms with Crippen molar-refractivity contribution in [2.24, 2.45) is 5.41 Å². The monoisotopic (exact) mass is 297 g/mol. The lowest BCUT2D eigenvalue weighted by Gasteiger charge is -2.43. The van der Waals surface area contributed by atoms with Gasteiger partial charge in [0, 0.05) is 31.6 Å². The number of nitrogens with zero attached hydrogens (tertiary/aromatic N) is 3. The molecule has 2 fully saturated rings. The summed E-state index contributed by atoms with van der Waals surface area (Å²) in [4.78, 5) is 9.45. The highest BCUT2D eigenvalue weighted by Crippen LogP contribution is 2.29. The number of aliphatic hydroxyl groups excluding tert-OH is 1. The van der Waals surface area contributed by atoms with Crippen molar-refractivity contribution in [1.82, 2.24) is 9.88 Å². The van der Waals surface area contributed by atoms with Crippen molar-refractivity contribution in [3.8, 4) is 0 Å². The molecule has 2 saturated heterocycles. The fraction of sp³-hybridized carbons (Fsp3) is 0.786. The molecule has 3 rings (SSSR count). The highest BCUT2D eigenvalue weighted by Gasteiger charge is 2.39. The summed E-state index contributed by atoms with van der Waals surface area (Å²) >= 11 is 1.74. The van der Waals surface area contributed by atoms with E-state index in [1.807, 2.05) is 6.92 Å². The van der Waals surface area contributed by atoms with Crippen molar-refractivity contribution in [3.05, 3.63) is 11.1 Å². The van der Waals surface area contributed by atoms with Gasteiger partial charge in [0.25, 0.3) is 0 Å². The molecule has 0 unspecified atom stereocenters. The lowest BCUT2D eigenvalue weighted by atomic mass is 9.86. The number of ether oxygens (including phenoxy) is 1. The Morgan fingerprint density at radius 3 is 2.80 bits per heavy atom. The van der Waals surface area contributed by atoms with E-state index in [1.165, 1.54) is 0 Å². The van der Waals surface area contributed by atoms with Crippen molar-refractivity contribution in [1.29, 1.82) is 0 Å². The summed E-state index contributed by atoms with van der Waals surface area (Å²) in [5, 5.41) is 12.8. The summed E-state index contributed by atoms with van der Waals surface area (Å²) in [5.41, 5.74) is 1.10. The van der Waals surface area contributed by atoms with Crippen LogP contribution in [0.15, 0.2) is 5.38 Å².